The van der Waals surface area contributed by atoms with E-state index in [9.17, 15) is 14.7 Å². The molecule has 4 unspecified atom stereocenters. The average Bonchev–Trinajstić information content (AvgIpc) is 3.08. The maximum atomic E-state index is 11.6. The van der Waals surface area contributed by atoms with Crippen LogP contribution in [0.2, 0.25) is 0 Å². The number of carbonyl (C=O) groups is 2. The Morgan fingerprint density at radius 1 is 1.25 bits per heavy atom. The number of carboxylic acids is 1. The van der Waals surface area contributed by atoms with E-state index in [-0.39, 0.29) is 6.61 Å². The van der Waals surface area contributed by atoms with Crippen LogP contribution in [0.3, 0.4) is 0 Å². The van der Waals surface area contributed by atoms with Gasteiger partial charge < -0.3 is 19.7 Å². The molecule has 1 aromatic carbocycles. The SMILES string of the molecule is CNC(O)CCC1CCC2Cc3c(cccc3OCC(=O)OCC(=O)O)CC12. The maximum absolute atomic E-state index is 11.6. The highest BCUT2D eigenvalue weighted by molar-refractivity contribution is 5.76. The van der Waals surface area contributed by atoms with Crippen LogP contribution in [0.25, 0.3) is 0 Å². The number of fused-ring (bicyclic) bond motifs is 2. The van der Waals surface area contributed by atoms with Crippen LogP contribution < -0.4 is 10.1 Å². The standard InChI is InChI=1S/C21H29NO6/c1-22-19(23)8-7-13-5-6-15-10-17-14(9-16(13)15)3-2-4-18(17)27-12-21(26)28-11-20(24)25/h2-4,13,15-16,19,22-23H,5-12H2,1H3,(H,24,25). The lowest BCUT2D eigenvalue weighted by Gasteiger charge is -2.32. The van der Waals surface area contributed by atoms with E-state index in [4.69, 9.17) is 9.84 Å². The average molecular weight is 391 g/mol. The van der Waals surface area contributed by atoms with Crippen molar-refractivity contribution < 1.29 is 29.3 Å². The van der Waals surface area contributed by atoms with Gasteiger partial charge in [0.2, 0.25) is 0 Å². The van der Waals surface area contributed by atoms with Crippen molar-refractivity contribution in [3.8, 4) is 5.75 Å². The van der Waals surface area contributed by atoms with Gasteiger partial charge in [0.1, 0.15) is 12.0 Å². The maximum Gasteiger partial charge on any atom is 0.344 e. The normalized spacial score (nSPS) is 24.1. The molecule has 0 bridgehead atoms. The first-order valence-corrected chi connectivity index (χ1v) is 9.94. The fourth-order valence-corrected chi connectivity index (χ4v) is 4.71. The molecule has 2 aliphatic carbocycles. The molecule has 4 atom stereocenters. The second-order valence-corrected chi connectivity index (χ2v) is 7.79. The molecule has 0 radical (unpaired) electrons. The molecule has 2 aliphatic rings. The molecular weight excluding hydrogens is 362 g/mol. The van der Waals surface area contributed by atoms with Gasteiger partial charge in [0, 0.05) is 0 Å². The van der Waals surface area contributed by atoms with E-state index in [0.717, 1.165) is 31.2 Å². The predicted octanol–water partition coefficient (Wildman–Crippen LogP) is 1.75. The third-order valence-electron chi connectivity index (χ3n) is 6.12. The number of hydrogen-bond acceptors (Lipinski definition) is 6. The van der Waals surface area contributed by atoms with Crippen molar-refractivity contribution in [2.75, 3.05) is 20.3 Å². The Kier molecular flexibility index (Phi) is 6.91. The van der Waals surface area contributed by atoms with E-state index in [1.54, 1.807) is 7.05 Å². The summed E-state index contributed by atoms with van der Waals surface area (Å²) in [6, 6.07) is 5.92. The van der Waals surface area contributed by atoms with Gasteiger partial charge in [-0.25, -0.2) is 9.59 Å². The van der Waals surface area contributed by atoms with Crippen LogP contribution in [0, 0.1) is 17.8 Å². The molecule has 0 heterocycles. The number of esters is 1. The molecule has 7 nitrogen and oxygen atoms in total. The van der Waals surface area contributed by atoms with E-state index >= 15 is 0 Å². The van der Waals surface area contributed by atoms with Crippen LogP contribution in [-0.2, 0) is 27.2 Å². The highest BCUT2D eigenvalue weighted by atomic mass is 16.6. The van der Waals surface area contributed by atoms with E-state index in [1.807, 2.05) is 12.1 Å². The summed E-state index contributed by atoms with van der Waals surface area (Å²) in [4.78, 5) is 22.1. The summed E-state index contributed by atoms with van der Waals surface area (Å²) < 4.78 is 10.3. The topological polar surface area (TPSA) is 105 Å². The van der Waals surface area contributed by atoms with Gasteiger partial charge in [0.25, 0.3) is 0 Å². The summed E-state index contributed by atoms with van der Waals surface area (Å²) in [6.45, 7) is -0.940. The Morgan fingerprint density at radius 2 is 2.07 bits per heavy atom. The fraction of sp³-hybridized carbons (Fsp3) is 0.619. The number of aliphatic hydroxyl groups is 1. The Hall–Kier alpha value is -2.12. The van der Waals surface area contributed by atoms with Crippen LogP contribution in [-0.4, -0.2) is 48.6 Å². The first-order chi connectivity index (χ1) is 13.5. The van der Waals surface area contributed by atoms with Gasteiger partial charge in [-0.3, -0.25) is 5.32 Å². The van der Waals surface area contributed by atoms with E-state index in [2.05, 4.69) is 16.1 Å². The van der Waals surface area contributed by atoms with Crippen LogP contribution in [0.4, 0.5) is 0 Å². The van der Waals surface area contributed by atoms with Gasteiger partial charge in [0.15, 0.2) is 13.2 Å². The smallest absolute Gasteiger partial charge is 0.344 e. The Labute approximate surface area is 165 Å². The minimum atomic E-state index is -1.19. The second-order valence-electron chi connectivity index (χ2n) is 7.79. The second kappa shape index (κ2) is 9.39. The molecular formula is C21H29NO6. The zero-order valence-electron chi connectivity index (χ0n) is 16.2. The fourth-order valence-electron chi connectivity index (χ4n) is 4.71. The molecule has 0 spiro atoms. The molecule has 3 rings (SSSR count). The number of carbonyl (C=O) groups excluding carboxylic acids is 1. The van der Waals surface area contributed by atoms with E-state index < -0.39 is 24.8 Å². The number of nitrogens with one attached hydrogen (secondary N) is 1. The van der Waals surface area contributed by atoms with Crippen molar-refractivity contribution in [1.82, 2.24) is 5.32 Å². The molecule has 1 fully saturated rings. The lowest BCUT2D eigenvalue weighted by Crippen LogP contribution is -2.28. The van der Waals surface area contributed by atoms with Gasteiger partial charge in [-0.1, -0.05) is 12.1 Å². The van der Waals surface area contributed by atoms with Crippen molar-refractivity contribution in [2.45, 2.75) is 44.8 Å². The largest absolute Gasteiger partial charge is 0.482 e. The zero-order valence-corrected chi connectivity index (χ0v) is 16.2. The van der Waals surface area contributed by atoms with Crippen LogP contribution >= 0.6 is 0 Å². The minimum absolute atomic E-state index is 0.289. The van der Waals surface area contributed by atoms with Crippen LogP contribution in [0.15, 0.2) is 18.2 Å². The van der Waals surface area contributed by atoms with Crippen LogP contribution in [0.1, 0.15) is 36.8 Å². The summed E-state index contributed by atoms with van der Waals surface area (Å²) in [7, 11) is 1.78. The highest BCUT2D eigenvalue weighted by Gasteiger charge is 2.39. The summed E-state index contributed by atoms with van der Waals surface area (Å²) in [5.41, 5.74) is 2.42. The van der Waals surface area contributed by atoms with Crippen molar-refractivity contribution in [3.05, 3.63) is 29.3 Å². The molecule has 154 valence electrons. The van der Waals surface area contributed by atoms with Crippen LogP contribution in [0.5, 0.6) is 5.75 Å². The molecule has 0 amide bonds. The number of hydrogen-bond donors (Lipinski definition) is 3. The molecule has 0 saturated heterocycles. The first-order valence-electron chi connectivity index (χ1n) is 9.94. The molecule has 0 aromatic heterocycles. The number of carboxylic acid groups (broad SMARTS) is 1. The molecule has 1 aromatic rings. The lowest BCUT2D eigenvalue weighted by molar-refractivity contribution is -0.156. The first kappa shape index (κ1) is 20.6. The Morgan fingerprint density at radius 3 is 2.82 bits per heavy atom. The molecule has 7 heteroatoms. The third kappa shape index (κ3) is 5.02. The quantitative estimate of drug-likeness (QED) is 0.435. The van der Waals surface area contributed by atoms with Gasteiger partial charge in [-0.15, -0.1) is 0 Å². The number of aliphatic carboxylic acids is 1. The van der Waals surface area contributed by atoms with E-state index in [0.29, 0.717) is 23.5 Å². The number of rotatable bonds is 9. The summed E-state index contributed by atoms with van der Waals surface area (Å²) in [5, 5.41) is 21.2. The highest BCUT2D eigenvalue weighted by Crippen LogP contribution is 2.48. The van der Waals surface area contributed by atoms with Crippen molar-refractivity contribution >= 4 is 11.9 Å². The van der Waals surface area contributed by atoms with E-state index in [1.165, 1.54) is 18.4 Å². The summed E-state index contributed by atoms with van der Waals surface area (Å²) in [6.07, 6.45) is 5.68. The number of aliphatic hydroxyl groups excluding tert-OH is 1. The third-order valence-corrected chi connectivity index (χ3v) is 6.12. The number of benzene rings is 1. The number of ether oxygens (including phenoxy) is 2. The molecule has 28 heavy (non-hydrogen) atoms. The molecule has 1 saturated carbocycles. The van der Waals surface area contributed by atoms with Crippen molar-refractivity contribution in [3.63, 3.8) is 0 Å². The van der Waals surface area contributed by atoms with Gasteiger partial charge in [-0.05, 0) is 80.5 Å². The van der Waals surface area contributed by atoms with Crippen molar-refractivity contribution in [2.24, 2.45) is 17.8 Å². The predicted molar refractivity (Wildman–Crippen MR) is 102 cm³/mol. The van der Waals surface area contributed by atoms with Gasteiger partial charge >= 0.3 is 11.9 Å². The zero-order chi connectivity index (χ0) is 20.1. The summed E-state index contributed by atoms with van der Waals surface area (Å²) >= 11 is 0. The monoisotopic (exact) mass is 391 g/mol. The molecule has 0 aliphatic heterocycles. The Balaban J connectivity index is 1.61. The summed E-state index contributed by atoms with van der Waals surface area (Å²) in [5.74, 6) is 0.696. The van der Waals surface area contributed by atoms with Crippen molar-refractivity contribution in [1.29, 1.82) is 0 Å². The van der Waals surface area contributed by atoms with Gasteiger partial charge in [0.05, 0.1) is 0 Å². The minimum Gasteiger partial charge on any atom is -0.482 e. The Bertz CT molecular complexity index is 706. The lowest BCUT2D eigenvalue weighted by atomic mass is 9.74. The molecule has 3 N–H and O–H groups in total. The van der Waals surface area contributed by atoms with Gasteiger partial charge in [-0.2, -0.15) is 0 Å².